The summed E-state index contributed by atoms with van der Waals surface area (Å²) in [4.78, 5) is 2.28. The third-order valence-corrected chi connectivity index (χ3v) is 3.53. The Hall–Kier alpha value is -0.120. The van der Waals surface area contributed by atoms with Gasteiger partial charge >= 0.3 is 0 Å². The zero-order valence-corrected chi connectivity index (χ0v) is 10.2. The van der Waals surface area contributed by atoms with Crippen molar-refractivity contribution in [3.8, 4) is 0 Å². The number of aliphatic hydroxyl groups is 1. The lowest BCUT2D eigenvalue weighted by molar-refractivity contribution is 0.0407. The molecule has 0 atom stereocenters. The summed E-state index contributed by atoms with van der Waals surface area (Å²) in [5, 5.41) is 9.56. The van der Waals surface area contributed by atoms with Crippen LogP contribution in [0.5, 0.6) is 0 Å². The molecular weight excluding hydrogens is 190 g/mol. The second kappa shape index (κ2) is 6.46. The lowest BCUT2D eigenvalue weighted by Gasteiger charge is -2.38. The van der Waals surface area contributed by atoms with Crippen molar-refractivity contribution < 1.29 is 9.84 Å². The number of hydrogen-bond acceptors (Lipinski definition) is 3. The minimum Gasteiger partial charge on any atom is -0.396 e. The van der Waals surface area contributed by atoms with Gasteiger partial charge in [-0.25, -0.2) is 0 Å². The standard InChI is InChI=1S/C12H25NO2/c1-13(8-9-15-2)10-12(11-14)6-4-3-5-7-12/h14H,3-11H2,1-2H3. The molecule has 0 aromatic rings. The molecule has 0 heterocycles. The highest BCUT2D eigenvalue weighted by molar-refractivity contribution is 4.84. The van der Waals surface area contributed by atoms with Crippen LogP contribution in [0.4, 0.5) is 0 Å². The molecule has 1 aliphatic rings. The highest BCUT2D eigenvalue weighted by Gasteiger charge is 2.32. The van der Waals surface area contributed by atoms with E-state index in [2.05, 4.69) is 11.9 Å². The summed E-state index contributed by atoms with van der Waals surface area (Å²) in [6.07, 6.45) is 6.25. The third-order valence-electron chi connectivity index (χ3n) is 3.53. The second-order valence-electron chi connectivity index (χ2n) is 4.95. The summed E-state index contributed by atoms with van der Waals surface area (Å²) < 4.78 is 5.06. The predicted octanol–water partition coefficient (Wildman–Crippen LogP) is 1.51. The Labute approximate surface area is 93.4 Å². The summed E-state index contributed by atoms with van der Waals surface area (Å²) in [6.45, 7) is 3.08. The average molecular weight is 215 g/mol. The van der Waals surface area contributed by atoms with Gasteiger partial charge in [-0.15, -0.1) is 0 Å². The van der Waals surface area contributed by atoms with Crippen LogP contribution < -0.4 is 0 Å². The van der Waals surface area contributed by atoms with Crippen LogP contribution in [-0.4, -0.2) is 50.5 Å². The van der Waals surface area contributed by atoms with E-state index in [4.69, 9.17) is 4.74 Å². The monoisotopic (exact) mass is 215 g/mol. The van der Waals surface area contributed by atoms with Crippen molar-refractivity contribution in [2.45, 2.75) is 32.1 Å². The molecular formula is C12H25NO2. The van der Waals surface area contributed by atoms with Crippen LogP contribution in [0.15, 0.2) is 0 Å². The van der Waals surface area contributed by atoms with Gasteiger partial charge in [-0.1, -0.05) is 19.3 Å². The van der Waals surface area contributed by atoms with Crippen molar-refractivity contribution >= 4 is 0 Å². The zero-order valence-electron chi connectivity index (χ0n) is 10.2. The molecule has 0 bridgehead atoms. The summed E-state index contributed by atoms with van der Waals surface area (Å²) in [5.41, 5.74) is 0.167. The van der Waals surface area contributed by atoms with E-state index in [1.165, 1.54) is 32.1 Å². The van der Waals surface area contributed by atoms with Crippen molar-refractivity contribution in [1.29, 1.82) is 0 Å². The second-order valence-corrected chi connectivity index (χ2v) is 4.95. The molecule has 0 aromatic heterocycles. The topological polar surface area (TPSA) is 32.7 Å². The van der Waals surface area contributed by atoms with Crippen molar-refractivity contribution in [3.63, 3.8) is 0 Å². The van der Waals surface area contributed by atoms with Gasteiger partial charge in [0.25, 0.3) is 0 Å². The summed E-state index contributed by atoms with van der Waals surface area (Å²) in [7, 11) is 3.85. The van der Waals surface area contributed by atoms with Crippen LogP contribution in [0.2, 0.25) is 0 Å². The van der Waals surface area contributed by atoms with E-state index in [9.17, 15) is 5.11 Å². The van der Waals surface area contributed by atoms with Crippen molar-refractivity contribution in [3.05, 3.63) is 0 Å². The molecule has 1 rings (SSSR count). The first-order valence-electron chi connectivity index (χ1n) is 6.01. The van der Waals surface area contributed by atoms with Gasteiger partial charge < -0.3 is 14.7 Å². The molecule has 0 aromatic carbocycles. The Morgan fingerprint density at radius 2 is 1.93 bits per heavy atom. The molecule has 3 heteroatoms. The van der Waals surface area contributed by atoms with Gasteiger partial charge in [0.05, 0.1) is 6.61 Å². The van der Waals surface area contributed by atoms with E-state index < -0.39 is 0 Å². The molecule has 3 nitrogen and oxygen atoms in total. The van der Waals surface area contributed by atoms with E-state index in [1.807, 2.05) is 0 Å². The Morgan fingerprint density at radius 1 is 1.27 bits per heavy atom. The Balaban J connectivity index is 2.37. The molecule has 1 aliphatic carbocycles. The summed E-state index contributed by atoms with van der Waals surface area (Å²) in [5.74, 6) is 0. The molecule has 0 spiro atoms. The number of hydrogen-bond donors (Lipinski definition) is 1. The van der Waals surface area contributed by atoms with Crippen molar-refractivity contribution in [2.24, 2.45) is 5.41 Å². The number of rotatable bonds is 6. The molecule has 1 N–H and O–H groups in total. The summed E-state index contributed by atoms with van der Waals surface area (Å²) in [6, 6.07) is 0. The minimum atomic E-state index is 0.167. The minimum absolute atomic E-state index is 0.167. The smallest absolute Gasteiger partial charge is 0.0589 e. The number of nitrogens with zero attached hydrogens (tertiary/aromatic N) is 1. The molecule has 0 radical (unpaired) electrons. The lowest BCUT2D eigenvalue weighted by atomic mass is 9.74. The fourth-order valence-corrected chi connectivity index (χ4v) is 2.57. The number of likely N-dealkylation sites (N-methyl/N-ethyl adjacent to an activating group) is 1. The Bertz CT molecular complexity index is 167. The van der Waals surface area contributed by atoms with Gasteiger partial charge in [0, 0.05) is 32.2 Å². The lowest BCUT2D eigenvalue weighted by Crippen LogP contribution is -2.41. The van der Waals surface area contributed by atoms with Gasteiger partial charge in [0.15, 0.2) is 0 Å². The fraction of sp³-hybridized carbons (Fsp3) is 1.00. The molecule has 90 valence electrons. The maximum atomic E-state index is 9.56. The summed E-state index contributed by atoms with van der Waals surface area (Å²) >= 11 is 0. The predicted molar refractivity (Wildman–Crippen MR) is 62.0 cm³/mol. The zero-order chi connectivity index (χ0) is 11.1. The molecule has 1 saturated carbocycles. The van der Waals surface area contributed by atoms with Crippen molar-refractivity contribution in [2.75, 3.05) is 40.5 Å². The van der Waals surface area contributed by atoms with E-state index >= 15 is 0 Å². The fourth-order valence-electron chi connectivity index (χ4n) is 2.57. The van der Waals surface area contributed by atoms with E-state index in [0.717, 1.165) is 19.7 Å². The molecule has 0 saturated heterocycles. The first kappa shape index (κ1) is 12.9. The average Bonchev–Trinajstić information content (AvgIpc) is 2.27. The van der Waals surface area contributed by atoms with Gasteiger partial charge in [-0.3, -0.25) is 0 Å². The van der Waals surface area contributed by atoms with Crippen LogP contribution in [-0.2, 0) is 4.74 Å². The van der Waals surface area contributed by atoms with Crippen molar-refractivity contribution in [1.82, 2.24) is 4.90 Å². The van der Waals surface area contributed by atoms with Crippen LogP contribution in [0.3, 0.4) is 0 Å². The van der Waals surface area contributed by atoms with E-state index in [0.29, 0.717) is 6.61 Å². The maximum absolute atomic E-state index is 9.56. The maximum Gasteiger partial charge on any atom is 0.0589 e. The van der Waals surface area contributed by atoms with Gasteiger partial charge in [-0.05, 0) is 19.9 Å². The van der Waals surface area contributed by atoms with Gasteiger partial charge in [-0.2, -0.15) is 0 Å². The van der Waals surface area contributed by atoms with Gasteiger partial charge in [0.1, 0.15) is 0 Å². The highest BCUT2D eigenvalue weighted by atomic mass is 16.5. The Morgan fingerprint density at radius 3 is 2.47 bits per heavy atom. The van der Waals surface area contributed by atoms with Crippen LogP contribution in [0, 0.1) is 5.41 Å². The van der Waals surface area contributed by atoms with E-state index in [-0.39, 0.29) is 5.41 Å². The molecule has 1 fully saturated rings. The number of methoxy groups -OCH3 is 1. The van der Waals surface area contributed by atoms with Crippen LogP contribution in [0.1, 0.15) is 32.1 Å². The largest absolute Gasteiger partial charge is 0.396 e. The quantitative estimate of drug-likeness (QED) is 0.729. The molecule has 0 unspecified atom stereocenters. The van der Waals surface area contributed by atoms with Crippen LogP contribution >= 0.6 is 0 Å². The molecule has 0 aliphatic heterocycles. The van der Waals surface area contributed by atoms with Crippen LogP contribution in [0.25, 0.3) is 0 Å². The molecule has 15 heavy (non-hydrogen) atoms. The van der Waals surface area contributed by atoms with E-state index in [1.54, 1.807) is 7.11 Å². The van der Waals surface area contributed by atoms with Gasteiger partial charge in [0.2, 0.25) is 0 Å². The first-order valence-corrected chi connectivity index (χ1v) is 6.01. The normalized spacial score (nSPS) is 20.8. The highest BCUT2D eigenvalue weighted by Crippen LogP contribution is 2.36. The molecule has 0 amide bonds. The number of aliphatic hydroxyl groups excluding tert-OH is 1. The Kier molecular flexibility index (Phi) is 5.58. The first-order chi connectivity index (χ1) is 7.22. The SMILES string of the molecule is COCCN(C)CC1(CO)CCCCC1. The third kappa shape index (κ3) is 4.09. The number of ether oxygens (including phenoxy) is 1.